The van der Waals surface area contributed by atoms with Crippen LogP contribution in [0.5, 0.6) is 0 Å². The lowest BCUT2D eigenvalue weighted by molar-refractivity contribution is -0.0654. The van der Waals surface area contributed by atoms with E-state index in [0.717, 1.165) is 23.7 Å². The number of hydrogen-bond acceptors (Lipinski definition) is 4. The van der Waals surface area contributed by atoms with Crippen LogP contribution in [0.15, 0.2) is 29.3 Å². The molecule has 2 aliphatic heterocycles. The summed E-state index contributed by atoms with van der Waals surface area (Å²) >= 11 is 1.63. The van der Waals surface area contributed by atoms with E-state index in [1.54, 1.807) is 11.8 Å². The molecule has 5 heteroatoms. The predicted octanol–water partition coefficient (Wildman–Crippen LogP) is 2.90. The van der Waals surface area contributed by atoms with Gasteiger partial charge in [0.1, 0.15) is 11.4 Å². The molecule has 3 atom stereocenters. The standard InChI is InChI=1S/C16H19FN2OS/c17-13-5-3-11(4-6-13)16-9-20-14(10-1-2-10)7-12(16)8-21-15(18)19-16/h3-6,10,12,14H,1-2,7-9H2,(H2,18,19)/t12?,14-,16?/m0/s1. The Kier molecular flexibility index (Phi) is 3.23. The highest BCUT2D eigenvalue weighted by molar-refractivity contribution is 8.13. The van der Waals surface area contributed by atoms with E-state index in [1.165, 1.54) is 25.0 Å². The van der Waals surface area contributed by atoms with Gasteiger partial charge in [-0.3, -0.25) is 0 Å². The highest BCUT2D eigenvalue weighted by Crippen LogP contribution is 2.49. The highest BCUT2D eigenvalue weighted by atomic mass is 32.2. The number of aliphatic imine (C=N–C) groups is 1. The van der Waals surface area contributed by atoms with Gasteiger partial charge in [-0.15, -0.1) is 0 Å². The van der Waals surface area contributed by atoms with Gasteiger partial charge < -0.3 is 10.5 Å². The van der Waals surface area contributed by atoms with Crippen LogP contribution in [0, 0.1) is 17.7 Å². The lowest BCUT2D eigenvalue weighted by atomic mass is 9.74. The first kappa shape index (κ1) is 13.6. The van der Waals surface area contributed by atoms with E-state index in [-0.39, 0.29) is 5.82 Å². The number of halogens is 1. The van der Waals surface area contributed by atoms with Crippen molar-refractivity contribution in [2.75, 3.05) is 12.4 Å². The zero-order valence-corrected chi connectivity index (χ0v) is 12.6. The molecule has 4 rings (SSSR count). The maximum absolute atomic E-state index is 13.2. The normalized spacial score (nSPS) is 36.0. The van der Waals surface area contributed by atoms with Gasteiger partial charge in [0.05, 0.1) is 12.7 Å². The molecule has 1 saturated heterocycles. The molecule has 0 amide bonds. The molecule has 112 valence electrons. The summed E-state index contributed by atoms with van der Waals surface area (Å²) in [6.45, 7) is 0.561. The first-order valence-electron chi connectivity index (χ1n) is 7.53. The van der Waals surface area contributed by atoms with Crippen LogP contribution in [0.25, 0.3) is 0 Å². The smallest absolute Gasteiger partial charge is 0.154 e. The Hall–Kier alpha value is -1.07. The fourth-order valence-corrected chi connectivity index (χ4v) is 4.57. The van der Waals surface area contributed by atoms with E-state index >= 15 is 0 Å². The van der Waals surface area contributed by atoms with Crippen molar-refractivity contribution in [2.24, 2.45) is 22.6 Å². The summed E-state index contributed by atoms with van der Waals surface area (Å²) in [5.41, 5.74) is 6.58. The molecule has 2 fully saturated rings. The summed E-state index contributed by atoms with van der Waals surface area (Å²) in [7, 11) is 0. The molecule has 1 aromatic rings. The van der Waals surface area contributed by atoms with Crippen LogP contribution < -0.4 is 5.73 Å². The molecular weight excluding hydrogens is 287 g/mol. The number of rotatable bonds is 2. The van der Waals surface area contributed by atoms with Crippen LogP contribution in [0.2, 0.25) is 0 Å². The third-order valence-corrected chi connectivity index (χ3v) is 5.90. The van der Waals surface area contributed by atoms with Crippen LogP contribution in [-0.4, -0.2) is 23.6 Å². The number of benzene rings is 1. The number of nitrogens with zero attached hydrogens (tertiary/aromatic N) is 1. The summed E-state index contributed by atoms with van der Waals surface area (Å²) in [4.78, 5) is 4.76. The predicted molar refractivity (Wildman–Crippen MR) is 82.7 cm³/mol. The van der Waals surface area contributed by atoms with Gasteiger partial charge in [-0.05, 0) is 42.9 Å². The van der Waals surface area contributed by atoms with Crippen molar-refractivity contribution in [3.05, 3.63) is 35.6 Å². The Morgan fingerprint density at radius 3 is 2.76 bits per heavy atom. The Morgan fingerprint density at radius 2 is 2.05 bits per heavy atom. The zero-order chi connectivity index (χ0) is 14.4. The first-order valence-corrected chi connectivity index (χ1v) is 8.52. The minimum atomic E-state index is -0.422. The first-order chi connectivity index (χ1) is 10.2. The SMILES string of the molecule is NC1=NC2(c3ccc(F)cc3)CO[C@H](C3CC3)CC2CS1. The van der Waals surface area contributed by atoms with Gasteiger partial charge in [0.15, 0.2) is 5.17 Å². The maximum atomic E-state index is 13.2. The zero-order valence-electron chi connectivity index (χ0n) is 11.8. The Labute approximate surface area is 128 Å². The van der Waals surface area contributed by atoms with E-state index in [4.69, 9.17) is 15.5 Å². The largest absolute Gasteiger partial charge is 0.379 e. The fraction of sp³-hybridized carbons (Fsp3) is 0.562. The van der Waals surface area contributed by atoms with Gasteiger partial charge in [-0.25, -0.2) is 9.38 Å². The molecule has 0 spiro atoms. The van der Waals surface area contributed by atoms with Gasteiger partial charge in [-0.2, -0.15) is 0 Å². The Bertz CT molecular complexity index is 572. The summed E-state index contributed by atoms with van der Waals surface area (Å²) in [5.74, 6) is 1.91. The van der Waals surface area contributed by atoms with E-state index in [9.17, 15) is 4.39 Å². The molecule has 0 bridgehead atoms. The third-order valence-electron chi connectivity index (χ3n) is 4.94. The van der Waals surface area contributed by atoms with Crippen LogP contribution in [0.4, 0.5) is 4.39 Å². The Morgan fingerprint density at radius 1 is 1.29 bits per heavy atom. The second-order valence-electron chi connectivity index (χ2n) is 6.31. The van der Waals surface area contributed by atoms with Crippen molar-refractivity contribution >= 4 is 16.9 Å². The molecule has 2 N–H and O–H groups in total. The van der Waals surface area contributed by atoms with Gasteiger partial charge in [-0.1, -0.05) is 23.9 Å². The monoisotopic (exact) mass is 306 g/mol. The van der Waals surface area contributed by atoms with Gasteiger partial charge in [0.25, 0.3) is 0 Å². The fourth-order valence-electron chi connectivity index (χ4n) is 3.56. The number of thioether (sulfide) groups is 1. The highest BCUT2D eigenvalue weighted by Gasteiger charge is 2.50. The van der Waals surface area contributed by atoms with Crippen molar-refractivity contribution in [1.29, 1.82) is 0 Å². The molecule has 0 aromatic heterocycles. The van der Waals surface area contributed by atoms with Gasteiger partial charge in [0, 0.05) is 11.7 Å². The molecule has 1 aromatic carbocycles. The third kappa shape index (κ3) is 2.36. The van der Waals surface area contributed by atoms with Crippen LogP contribution >= 0.6 is 11.8 Å². The molecule has 2 heterocycles. The molecule has 2 unspecified atom stereocenters. The summed E-state index contributed by atoms with van der Waals surface area (Å²) in [5, 5.41) is 0.615. The second-order valence-corrected chi connectivity index (χ2v) is 7.35. The number of nitrogens with two attached hydrogens (primary N) is 1. The summed E-state index contributed by atoms with van der Waals surface area (Å²) in [6.07, 6.45) is 3.99. The van der Waals surface area contributed by atoms with Crippen molar-refractivity contribution in [1.82, 2.24) is 0 Å². The molecule has 1 aliphatic carbocycles. The van der Waals surface area contributed by atoms with Crippen molar-refractivity contribution < 1.29 is 9.13 Å². The molecule has 21 heavy (non-hydrogen) atoms. The van der Waals surface area contributed by atoms with E-state index < -0.39 is 5.54 Å². The lowest BCUT2D eigenvalue weighted by Gasteiger charge is -2.46. The summed E-state index contributed by atoms with van der Waals surface area (Å²) in [6, 6.07) is 6.66. The van der Waals surface area contributed by atoms with Gasteiger partial charge in [0.2, 0.25) is 0 Å². The quantitative estimate of drug-likeness (QED) is 0.914. The average molecular weight is 306 g/mol. The molecule has 1 saturated carbocycles. The van der Waals surface area contributed by atoms with E-state index in [2.05, 4.69) is 0 Å². The number of ether oxygens (including phenoxy) is 1. The number of fused-ring (bicyclic) bond motifs is 1. The molecule has 3 nitrogen and oxygen atoms in total. The van der Waals surface area contributed by atoms with Crippen molar-refractivity contribution in [3.8, 4) is 0 Å². The second kappa shape index (κ2) is 4.99. The van der Waals surface area contributed by atoms with Crippen molar-refractivity contribution in [2.45, 2.75) is 30.9 Å². The van der Waals surface area contributed by atoms with Crippen LogP contribution in [0.1, 0.15) is 24.8 Å². The molecule has 0 radical (unpaired) electrons. The molecule has 3 aliphatic rings. The maximum Gasteiger partial charge on any atom is 0.154 e. The van der Waals surface area contributed by atoms with Crippen LogP contribution in [0.3, 0.4) is 0 Å². The van der Waals surface area contributed by atoms with Gasteiger partial charge >= 0.3 is 0 Å². The lowest BCUT2D eigenvalue weighted by Crippen LogP contribution is -2.50. The van der Waals surface area contributed by atoms with Crippen LogP contribution in [-0.2, 0) is 10.3 Å². The minimum Gasteiger partial charge on any atom is -0.379 e. The minimum absolute atomic E-state index is 0.221. The Balaban J connectivity index is 1.70. The molecular formula is C16H19FN2OS. The number of amidine groups is 1. The number of hydrogen-bond donors (Lipinski definition) is 1. The van der Waals surface area contributed by atoms with Crippen molar-refractivity contribution in [3.63, 3.8) is 0 Å². The van der Waals surface area contributed by atoms with E-state index in [1.807, 2.05) is 12.1 Å². The average Bonchev–Trinajstić information content (AvgIpc) is 3.32. The topological polar surface area (TPSA) is 47.6 Å². The van der Waals surface area contributed by atoms with E-state index in [0.29, 0.717) is 23.8 Å². The summed E-state index contributed by atoms with van der Waals surface area (Å²) < 4.78 is 19.4.